The Bertz CT molecular complexity index is 473. The Morgan fingerprint density at radius 2 is 1.91 bits per heavy atom. The van der Waals surface area contributed by atoms with Crippen molar-refractivity contribution in [2.45, 2.75) is 69.9 Å². The van der Waals surface area contributed by atoms with E-state index in [2.05, 4.69) is 6.07 Å². The van der Waals surface area contributed by atoms with E-state index in [4.69, 9.17) is 22.2 Å². The molecule has 0 radical (unpaired) electrons. The molecule has 0 spiro atoms. The first-order valence-corrected chi connectivity index (χ1v) is 8.46. The van der Waals surface area contributed by atoms with E-state index >= 15 is 0 Å². The van der Waals surface area contributed by atoms with Crippen molar-refractivity contribution in [1.82, 2.24) is 4.90 Å². The second-order valence-electron chi connectivity index (χ2n) is 7.11. The number of nitriles is 1. The lowest BCUT2D eigenvalue weighted by atomic mass is 9.71. The molecular weight excluding hydrogens is 325 g/mol. The molecule has 2 fully saturated rings. The lowest BCUT2D eigenvalue weighted by Gasteiger charge is -2.55. The average Bonchev–Trinajstić information content (AvgIpc) is 2.42. The Morgan fingerprint density at radius 3 is 2.30 bits per heavy atom. The lowest BCUT2D eigenvalue weighted by Crippen LogP contribution is -2.73. The summed E-state index contributed by atoms with van der Waals surface area (Å²) in [6, 6.07) is 2.30. The summed E-state index contributed by atoms with van der Waals surface area (Å²) in [7, 11) is 0. The van der Waals surface area contributed by atoms with Gasteiger partial charge in [-0.2, -0.15) is 18.4 Å². The Morgan fingerprint density at radius 1 is 1.35 bits per heavy atom. The normalized spacial score (nSPS) is 31.4. The summed E-state index contributed by atoms with van der Waals surface area (Å²) in [6.07, 6.45) is -1.30. The van der Waals surface area contributed by atoms with Gasteiger partial charge in [-0.1, -0.05) is 12.2 Å². The van der Waals surface area contributed by atoms with Crippen LogP contribution in [-0.2, 0) is 4.74 Å². The summed E-state index contributed by atoms with van der Waals surface area (Å²) < 4.78 is 45.2. The zero-order valence-electron chi connectivity index (χ0n) is 13.5. The van der Waals surface area contributed by atoms with Gasteiger partial charge >= 0.3 is 6.18 Å². The molecule has 2 rings (SSSR count). The van der Waals surface area contributed by atoms with Gasteiger partial charge in [0.1, 0.15) is 0 Å². The monoisotopic (exact) mass is 348 g/mol. The number of nitrogens with zero attached hydrogens (tertiary/aromatic N) is 2. The minimum absolute atomic E-state index is 0.0951. The summed E-state index contributed by atoms with van der Waals surface area (Å²) in [4.78, 5) is 1.87. The highest BCUT2D eigenvalue weighted by Crippen LogP contribution is 2.46. The molecule has 2 aliphatic rings. The van der Waals surface area contributed by atoms with Gasteiger partial charge < -0.3 is 4.74 Å². The van der Waals surface area contributed by atoms with Crippen molar-refractivity contribution < 1.29 is 17.9 Å². The molecule has 130 valence electrons. The van der Waals surface area contributed by atoms with Crippen LogP contribution in [0.1, 0.15) is 46.0 Å². The van der Waals surface area contributed by atoms with E-state index in [1.54, 1.807) is 19.2 Å². The van der Waals surface area contributed by atoms with Gasteiger partial charge in [-0.05, 0) is 44.9 Å². The molecule has 3 nitrogen and oxygen atoms in total. The van der Waals surface area contributed by atoms with Crippen LogP contribution in [0.25, 0.3) is 0 Å². The van der Waals surface area contributed by atoms with Crippen LogP contribution in [0.5, 0.6) is 0 Å². The molecule has 0 unspecified atom stereocenters. The Balaban J connectivity index is 1.95. The molecule has 0 aromatic carbocycles. The largest absolute Gasteiger partial charge is 0.419 e. The first-order valence-electron chi connectivity index (χ1n) is 7.99. The van der Waals surface area contributed by atoms with Gasteiger partial charge in [0.25, 0.3) is 0 Å². The van der Waals surface area contributed by atoms with E-state index in [1.807, 2.05) is 4.90 Å². The standard InChI is InChI=1S/C16H23F3N2OS/c1-12(2)22-15(16(17,18)19)9-21(10-15)13-3-5-14(11-23,6-4-13)7-8-20/h11-13H,3-7,9-10H2,1-2H3/t13-,14-. The molecule has 1 aliphatic heterocycles. The first kappa shape index (κ1) is 18.6. The fourth-order valence-corrected chi connectivity index (χ4v) is 4.00. The topological polar surface area (TPSA) is 36.3 Å². The van der Waals surface area contributed by atoms with Crippen molar-refractivity contribution in [1.29, 1.82) is 5.26 Å². The van der Waals surface area contributed by atoms with Gasteiger partial charge in [-0.3, -0.25) is 4.90 Å². The van der Waals surface area contributed by atoms with Crippen LogP contribution < -0.4 is 0 Å². The maximum Gasteiger partial charge on any atom is 0.419 e. The van der Waals surface area contributed by atoms with E-state index in [-0.39, 0.29) is 24.5 Å². The van der Waals surface area contributed by atoms with Crippen LogP contribution in [-0.4, -0.2) is 47.3 Å². The van der Waals surface area contributed by atoms with Crippen molar-refractivity contribution >= 4 is 17.6 Å². The van der Waals surface area contributed by atoms with Crippen molar-refractivity contribution in [2.75, 3.05) is 13.1 Å². The van der Waals surface area contributed by atoms with Crippen molar-refractivity contribution in [3.05, 3.63) is 0 Å². The van der Waals surface area contributed by atoms with Crippen molar-refractivity contribution in [3.63, 3.8) is 0 Å². The molecule has 0 bridgehead atoms. The van der Waals surface area contributed by atoms with E-state index in [0.29, 0.717) is 6.42 Å². The minimum Gasteiger partial charge on any atom is -0.360 e. The van der Waals surface area contributed by atoms with Gasteiger partial charge in [0.15, 0.2) is 5.60 Å². The van der Waals surface area contributed by atoms with Crippen LogP contribution in [0.4, 0.5) is 13.2 Å². The molecule has 1 saturated carbocycles. The van der Waals surface area contributed by atoms with E-state index in [0.717, 1.165) is 25.7 Å². The summed E-state index contributed by atoms with van der Waals surface area (Å²) in [5.41, 5.74) is -2.26. The number of ether oxygens (including phenoxy) is 1. The van der Waals surface area contributed by atoms with Crippen molar-refractivity contribution in [2.24, 2.45) is 5.41 Å². The second kappa shape index (κ2) is 6.66. The van der Waals surface area contributed by atoms with Crippen LogP contribution in [0.2, 0.25) is 0 Å². The first-order chi connectivity index (χ1) is 10.7. The third-order valence-corrected chi connectivity index (χ3v) is 5.54. The number of hydrogen-bond acceptors (Lipinski definition) is 4. The van der Waals surface area contributed by atoms with Crippen LogP contribution in [0.3, 0.4) is 0 Å². The molecular formula is C16H23F3N2OS. The third-order valence-electron chi connectivity index (χ3n) is 5.04. The molecule has 1 heterocycles. The van der Waals surface area contributed by atoms with E-state index < -0.39 is 17.9 Å². The van der Waals surface area contributed by atoms with Gasteiger partial charge in [0.2, 0.25) is 0 Å². The molecule has 0 aromatic rings. The van der Waals surface area contributed by atoms with Crippen LogP contribution in [0.15, 0.2) is 0 Å². The number of thiocarbonyl (C=S) groups is 1. The quantitative estimate of drug-likeness (QED) is 0.707. The fourth-order valence-electron chi connectivity index (χ4n) is 3.68. The number of halogens is 3. The Kier molecular flexibility index (Phi) is 5.39. The highest BCUT2D eigenvalue weighted by atomic mass is 32.1. The minimum atomic E-state index is -4.35. The second-order valence-corrected chi connectivity index (χ2v) is 7.35. The molecule has 1 aliphatic carbocycles. The maximum absolute atomic E-state index is 13.3. The zero-order valence-corrected chi connectivity index (χ0v) is 14.3. The molecule has 1 saturated heterocycles. The van der Waals surface area contributed by atoms with E-state index in [1.165, 1.54) is 0 Å². The molecule has 23 heavy (non-hydrogen) atoms. The van der Waals surface area contributed by atoms with Crippen LogP contribution in [0, 0.1) is 16.7 Å². The highest BCUT2D eigenvalue weighted by molar-refractivity contribution is 7.79. The zero-order chi connectivity index (χ0) is 17.3. The smallest absolute Gasteiger partial charge is 0.360 e. The molecule has 0 N–H and O–H groups in total. The molecule has 0 atom stereocenters. The third kappa shape index (κ3) is 3.70. The highest BCUT2D eigenvalue weighted by Gasteiger charge is 2.64. The number of likely N-dealkylation sites (tertiary alicyclic amines) is 1. The number of alkyl halides is 3. The van der Waals surface area contributed by atoms with Gasteiger partial charge in [0, 0.05) is 31.0 Å². The predicted octanol–water partition coefficient (Wildman–Crippen LogP) is 3.87. The fraction of sp³-hybridized carbons (Fsp3) is 0.875. The van der Waals surface area contributed by atoms with Gasteiger partial charge in [0.05, 0.1) is 12.2 Å². The average molecular weight is 348 g/mol. The maximum atomic E-state index is 13.3. The van der Waals surface area contributed by atoms with Crippen LogP contribution >= 0.6 is 12.2 Å². The summed E-state index contributed by atoms with van der Waals surface area (Å²) in [5, 5.41) is 10.6. The Labute approximate surface area is 140 Å². The van der Waals surface area contributed by atoms with E-state index in [9.17, 15) is 13.2 Å². The summed E-state index contributed by atoms with van der Waals surface area (Å²) in [5.74, 6) is 0. The number of rotatable bonds is 5. The predicted molar refractivity (Wildman–Crippen MR) is 85.2 cm³/mol. The summed E-state index contributed by atoms with van der Waals surface area (Å²) >= 11 is 5.07. The Hall–Kier alpha value is -0.710. The molecule has 0 aromatic heterocycles. The SMILES string of the molecule is CC(C)OC1(C(F)(F)F)CN([C@H]2CC[C@@](C=S)(CC#N)CC2)C1. The molecule has 7 heteroatoms. The van der Waals surface area contributed by atoms with Gasteiger partial charge in [-0.15, -0.1) is 0 Å². The molecule has 0 amide bonds. The summed E-state index contributed by atoms with van der Waals surface area (Å²) in [6.45, 7) is 3.07. The van der Waals surface area contributed by atoms with Gasteiger partial charge in [-0.25, -0.2) is 0 Å². The number of hydrogen-bond donors (Lipinski definition) is 0. The lowest BCUT2D eigenvalue weighted by molar-refractivity contribution is -0.332. The van der Waals surface area contributed by atoms with Crippen molar-refractivity contribution in [3.8, 4) is 6.07 Å².